The minimum Gasteiger partial charge on any atom is -0.352 e. The fourth-order valence-electron chi connectivity index (χ4n) is 3.37. The number of allylic oxidation sites excluding steroid dienone is 1. The number of rotatable bonds is 5. The summed E-state index contributed by atoms with van der Waals surface area (Å²) in [6.07, 6.45) is 8.44. The molecule has 1 fully saturated rings. The third-order valence-electron chi connectivity index (χ3n) is 4.64. The maximum absolute atomic E-state index is 12.6. The molecule has 1 unspecified atom stereocenters. The Labute approximate surface area is 143 Å². The second kappa shape index (κ2) is 8.06. The Bertz CT molecular complexity index is 720. The Morgan fingerprint density at radius 2 is 2.29 bits per heavy atom. The summed E-state index contributed by atoms with van der Waals surface area (Å²) < 4.78 is 0. The number of carbonyl (C=O) groups excluding carboxylic acids is 1. The fraction of sp³-hybridized carbons (Fsp3) is 0.400. The zero-order valence-electron chi connectivity index (χ0n) is 14.2. The third-order valence-corrected chi connectivity index (χ3v) is 4.64. The average molecular weight is 323 g/mol. The molecule has 0 aliphatic carbocycles. The maximum Gasteiger partial charge on any atom is 0.251 e. The van der Waals surface area contributed by atoms with Crippen molar-refractivity contribution in [1.82, 2.24) is 15.2 Å². The minimum atomic E-state index is -0.000762. The van der Waals surface area contributed by atoms with Crippen molar-refractivity contribution in [3.8, 4) is 0 Å². The van der Waals surface area contributed by atoms with Gasteiger partial charge in [0.2, 0.25) is 0 Å². The van der Waals surface area contributed by atoms with Crippen molar-refractivity contribution < 1.29 is 4.79 Å². The van der Waals surface area contributed by atoms with Gasteiger partial charge in [0.05, 0.1) is 5.52 Å². The van der Waals surface area contributed by atoms with Crippen LogP contribution in [0.25, 0.3) is 10.9 Å². The van der Waals surface area contributed by atoms with Gasteiger partial charge in [0.15, 0.2) is 0 Å². The number of pyridine rings is 1. The lowest BCUT2D eigenvalue weighted by molar-refractivity contribution is 0.0936. The lowest BCUT2D eigenvalue weighted by Crippen LogP contribution is -2.41. The Morgan fingerprint density at radius 3 is 3.17 bits per heavy atom. The van der Waals surface area contributed by atoms with Gasteiger partial charge in [-0.25, -0.2) is 0 Å². The number of likely N-dealkylation sites (tertiary alicyclic amines) is 1. The van der Waals surface area contributed by atoms with Gasteiger partial charge in [-0.3, -0.25) is 14.7 Å². The molecule has 0 spiro atoms. The van der Waals surface area contributed by atoms with E-state index in [1.165, 1.54) is 12.8 Å². The van der Waals surface area contributed by atoms with E-state index >= 15 is 0 Å². The van der Waals surface area contributed by atoms with E-state index in [0.717, 1.165) is 37.1 Å². The number of nitrogens with one attached hydrogen (secondary N) is 1. The van der Waals surface area contributed by atoms with Crippen molar-refractivity contribution in [3.05, 3.63) is 54.2 Å². The Hall–Kier alpha value is -2.20. The Morgan fingerprint density at radius 1 is 1.38 bits per heavy atom. The predicted octanol–water partition coefficient (Wildman–Crippen LogP) is 3.25. The largest absolute Gasteiger partial charge is 0.352 e. The van der Waals surface area contributed by atoms with Gasteiger partial charge in [-0.2, -0.15) is 0 Å². The zero-order valence-corrected chi connectivity index (χ0v) is 14.2. The van der Waals surface area contributed by atoms with Crippen LogP contribution in [0.5, 0.6) is 0 Å². The normalized spacial score (nSPS) is 19.0. The van der Waals surface area contributed by atoms with Crippen LogP contribution in [-0.4, -0.2) is 42.0 Å². The summed E-state index contributed by atoms with van der Waals surface area (Å²) in [5.74, 6) is 0.528. The summed E-state index contributed by atoms with van der Waals surface area (Å²) in [6, 6.07) is 9.53. The van der Waals surface area contributed by atoms with Crippen molar-refractivity contribution in [2.45, 2.75) is 19.8 Å². The predicted molar refractivity (Wildman–Crippen MR) is 98.1 cm³/mol. The number of aromatic nitrogens is 1. The summed E-state index contributed by atoms with van der Waals surface area (Å²) in [5.41, 5.74) is 1.57. The first kappa shape index (κ1) is 16.7. The van der Waals surface area contributed by atoms with Gasteiger partial charge in [-0.15, -0.1) is 0 Å². The Balaban J connectivity index is 1.60. The molecule has 0 radical (unpaired) electrons. The van der Waals surface area contributed by atoms with Crippen LogP contribution >= 0.6 is 0 Å². The Kier molecular flexibility index (Phi) is 5.59. The highest BCUT2D eigenvalue weighted by Crippen LogP contribution is 2.18. The van der Waals surface area contributed by atoms with Crippen molar-refractivity contribution in [1.29, 1.82) is 0 Å². The number of piperidine rings is 1. The second-order valence-corrected chi connectivity index (χ2v) is 6.42. The SMILES string of the molecule is CC=CCN1CCCC(CNC(=O)c2cccc3ncccc23)C1. The van der Waals surface area contributed by atoms with E-state index in [-0.39, 0.29) is 5.91 Å². The minimum absolute atomic E-state index is 0.000762. The van der Waals surface area contributed by atoms with Crippen LogP contribution < -0.4 is 5.32 Å². The first-order valence-corrected chi connectivity index (χ1v) is 8.73. The molecule has 0 bridgehead atoms. The van der Waals surface area contributed by atoms with Crippen molar-refractivity contribution in [2.75, 3.05) is 26.2 Å². The zero-order chi connectivity index (χ0) is 16.8. The number of hydrogen-bond donors (Lipinski definition) is 1. The topological polar surface area (TPSA) is 45.2 Å². The van der Waals surface area contributed by atoms with E-state index in [1.807, 2.05) is 30.3 Å². The molecule has 0 saturated carbocycles. The van der Waals surface area contributed by atoms with Crippen LogP contribution in [0.4, 0.5) is 0 Å². The third kappa shape index (κ3) is 4.01. The van der Waals surface area contributed by atoms with Crippen LogP contribution in [-0.2, 0) is 0 Å². The molecule has 1 aliphatic heterocycles. The summed E-state index contributed by atoms with van der Waals surface area (Å²) in [4.78, 5) is 19.4. The lowest BCUT2D eigenvalue weighted by atomic mass is 9.97. The molecule has 126 valence electrons. The number of fused-ring (bicyclic) bond motifs is 1. The molecule has 4 heteroatoms. The molecular weight excluding hydrogens is 298 g/mol. The van der Waals surface area contributed by atoms with Gasteiger partial charge in [0.1, 0.15) is 0 Å². The van der Waals surface area contributed by atoms with Crippen LogP contribution in [0, 0.1) is 5.92 Å². The summed E-state index contributed by atoms with van der Waals surface area (Å²) in [7, 11) is 0. The van der Waals surface area contributed by atoms with Gasteiger partial charge in [0, 0.05) is 36.8 Å². The molecule has 1 N–H and O–H groups in total. The monoisotopic (exact) mass is 323 g/mol. The van der Waals surface area contributed by atoms with E-state index in [1.54, 1.807) is 6.20 Å². The number of hydrogen-bond acceptors (Lipinski definition) is 3. The first-order valence-electron chi connectivity index (χ1n) is 8.73. The summed E-state index contributed by atoms with van der Waals surface area (Å²) in [5, 5.41) is 4.04. The number of carbonyl (C=O) groups is 1. The molecule has 4 nitrogen and oxygen atoms in total. The number of amides is 1. The van der Waals surface area contributed by atoms with E-state index in [9.17, 15) is 4.79 Å². The fourth-order valence-corrected chi connectivity index (χ4v) is 3.37. The molecule has 1 atom stereocenters. The smallest absolute Gasteiger partial charge is 0.251 e. The van der Waals surface area contributed by atoms with Crippen molar-refractivity contribution in [3.63, 3.8) is 0 Å². The molecule has 2 aromatic rings. The van der Waals surface area contributed by atoms with Gasteiger partial charge in [0.25, 0.3) is 5.91 Å². The molecule has 2 heterocycles. The van der Waals surface area contributed by atoms with Gasteiger partial charge in [-0.1, -0.05) is 24.3 Å². The highest BCUT2D eigenvalue weighted by Gasteiger charge is 2.20. The quantitative estimate of drug-likeness (QED) is 0.859. The molecule has 3 rings (SSSR count). The molecule has 24 heavy (non-hydrogen) atoms. The summed E-state index contributed by atoms with van der Waals surface area (Å²) >= 11 is 0. The molecule has 1 aromatic carbocycles. The van der Waals surface area contributed by atoms with E-state index in [4.69, 9.17) is 0 Å². The molecule has 1 aromatic heterocycles. The highest BCUT2D eigenvalue weighted by molar-refractivity contribution is 6.06. The van der Waals surface area contributed by atoms with E-state index < -0.39 is 0 Å². The van der Waals surface area contributed by atoms with Gasteiger partial charge in [-0.05, 0) is 50.4 Å². The molecule has 1 amide bonds. The van der Waals surface area contributed by atoms with Gasteiger partial charge >= 0.3 is 0 Å². The van der Waals surface area contributed by atoms with Crippen LogP contribution in [0.2, 0.25) is 0 Å². The van der Waals surface area contributed by atoms with Crippen molar-refractivity contribution in [2.24, 2.45) is 5.92 Å². The van der Waals surface area contributed by atoms with Crippen LogP contribution in [0.15, 0.2) is 48.7 Å². The highest BCUT2D eigenvalue weighted by atomic mass is 16.1. The van der Waals surface area contributed by atoms with E-state index in [2.05, 4.69) is 34.3 Å². The first-order chi connectivity index (χ1) is 11.8. The number of benzene rings is 1. The second-order valence-electron chi connectivity index (χ2n) is 6.42. The standard InChI is InChI=1S/C20H25N3O/c1-2-3-12-23-13-6-7-16(15-23)14-22-20(24)18-8-4-10-19-17(18)9-5-11-21-19/h2-5,8-11,16H,6-7,12-15H2,1H3,(H,22,24). The van der Waals surface area contributed by atoms with Crippen LogP contribution in [0.1, 0.15) is 30.1 Å². The lowest BCUT2D eigenvalue weighted by Gasteiger charge is -2.32. The van der Waals surface area contributed by atoms with E-state index in [0.29, 0.717) is 11.5 Å². The molecular formula is C20H25N3O. The van der Waals surface area contributed by atoms with Crippen LogP contribution in [0.3, 0.4) is 0 Å². The molecule has 1 aliphatic rings. The van der Waals surface area contributed by atoms with Crippen molar-refractivity contribution >= 4 is 16.8 Å². The maximum atomic E-state index is 12.6. The van der Waals surface area contributed by atoms with Gasteiger partial charge < -0.3 is 5.32 Å². The molecule has 1 saturated heterocycles. The summed E-state index contributed by atoms with van der Waals surface area (Å²) in [6.45, 7) is 6.02. The number of nitrogens with zero attached hydrogens (tertiary/aromatic N) is 2. The average Bonchev–Trinajstić information content (AvgIpc) is 2.64.